The standard InChI is InChI=1S/C12H25N3O2S/c1-11-6-4-5-8-14(11)18(16,17)15-9-7-13-10-12(15,2)3/h11,13H,4-10H2,1-3H3. The molecule has 106 valence electrons. The fourth-order valence-electron chi connectivity index (χ4n) is 2.93. The molecule has 1 N–H and O–H groups in total. The third-order valence-corrected chi connectivity index (χ3v) is 6.41. The molecule has 0 bridgehead atoms. The molecule has 5 nitrogen and oxygen atoms in total. The topological polar surface area (TPSA) is 52.7 Å². The predicted molar refractivity (Wildman–Crippen MR) is 72.6 cm³/mol. The van der Waals surface area contributed by atoms with Gasteiger partial charge in [-0.1, -0.05) is 6.42 Å². The Morgan fingerprint density at radius 1 is 1.22 bits per heavy atom. The third kappa shape index (κ3) is 2.57. The molecule has 2 aliphatic rings. The monoisotopic (exact) mass is 275 g/mol. The molecule has 0 saturated carbocycles. The molecule has 18 heavy (non-hydrogen) atoms. The van der Waals surface area contributed by atoms with E-state index in [1.165, 1.54) is 0 Å². The number of nitrogens with zero attached hydrogens (tertiary/aromatic N) is 2. The quantitative estimate of drug-likeness (QED) is 0.810. The minimum atomic E-state index is -3.32. The molecular formula is C12H25N3O2S. The Labute approximate surface area is 111 Å². The molecule has 1 atom stereocenters. The number of piperazine rings is 1. The highest BCUT2D eigenvalue weighted by molar-refractivity contribution is 7.86. The van der Waals surface area contributed by atoms with Gasteiger partial charge >= 0.3 is 0 Å². The van der Waals surface area contributed by atoms with Crippen molar-refractivity contribution in [1.29, 1.82) is 0 Å². The van der Waals surface area contributed by atoms with Gasteiger partial charge in [-0.15, -0.1) is 0 Å². The molecule has 2 aliphatic heterocycles. The zero-order valence-corrected chi connectivity index (χ0v) is 12.5. The van der Waals surface area contributed by atoms with Crippen molar-refractivity contribution in [2.75, 3.05) is 26.2 Å². The van der Waals surface area contributed by atoms with E-state index in [0.717, 1.165) is 25.8 Å². The lowest BCUT2D eigenvalue weighted by atomic mass is 10.0. The molecule has 0 aromatic rings. The van der Waals surface area contributed by atoms with Crippen molar-refractivity contribution in [3.8, 4) is 0 Å². The molecule has 2 heterocycles. The first kappa shape index (κ1) is 14.2. The maximum atomic E-state index is 12.8. The first-order chi connectivity index (χ1) is 8.36. The van der Waals surface area contributed by atoms with Crippen molar-refractivity contribution in [2.45, 2.75) is 51.6 Å². The third-order valence-electron chi connectivity index (χ3n) is 4.04. The molecule has 0 aromatic carbocycles. The molecule has 0 aliphatic carbocycles. The second kappa shape index (κ2) is 5.07. The van der Waals surface area contributed by atoms with Crippen LogP contribution in [-0.2, 0) is 10.2 Å². The number of hydrogen-bond acceptors (Lipinski definition) is 3. The second-order valence-electron chi connectivity index (χ2n) is 6.02. The predicted octanol–water partition coefficient (Wildman–Crippen LogP) is 0.789. The Bertz CT molecular complexity index is 394. The summed E-state index contributed by atoms with van der Waals surface area (Å²) in [4.78, 5) is 0. The molecular weight excluding hydrogens is 250 g/mol. The molecule has 2 fully saturated rings. The minimum absolute atomic E-state index is 0.134. The van der Waals surface area contributed by atoms with Crippen LogP contribution >= 0.6 is 0 Å². The Hall–Kier alpha value is -0.170. The summed E-state index contributed by atoms with van der Waals surface area (Å²) in [5.74, 6) is 0. The minimum Gasteiger partial charge on any atom is -0.314 e. The van der Waals surface area contributed by atoms with Crippen molar-refractivity contribution in [3.63, 3.8) is 0 Å². The van der Waals surface area contributed by atoms with Crippen LogP contribution in [0.1, 0.15) is 40.0 Å². The molecule has 2 saturated heterocycles. The zero-order valence-electron chi connectivity index (χ0n) is 11.6. The van der Waals surface area contributed by atoms with E-state index in [1.54, 1.807) is 8.61 Å². The average molecular weight is 275 g/mol. The van der Waals surface area contributed by atoms with E-state index in [-0.39, 0.29) is 11.6 Å². The smallest absolute Gasteiger partial charge is 0.282 e. The van der Waals surface area contributed by atoms with Crippen LogP contribution in [0, 0.1) is 0 Å². The fraction of sp³-hybridized carbons (Fsp3) is 1.00. The van der Waals surface area contributed by atoms with Crippen LogP contribution in [0.25, 0.3) is 0 Å². The van der Waals surface area contributed by atoms with Gasteiger partial charge in [0.15, 0.2) is 0 Å². The highest BCUT2D eigenvalue weighted by atomic mass is 32.2. The lowest BCUT2D eigenvalue weighted by Gasteiger charge is -2.45. The Balaban J connectivity index is 2.23. The van der Waals surface area contributed by atoms with Gasteiger partial charge in [-0.3, -0.25) is 0 Å². The van der Waals surface area contributed by atoms with Gasteiger partial charge < -0.3 is 5.32 Å². The summed E-state index contributed by atoms with van der Waals surface area (Å²) in [6, 6.07) is 0.134. The molecule has 0 amide bonds. The average Bonchev–Trinajstić information content (AvgIpc) is 2.28. The van der Waals surface area contributed by atoms with Gasteiger partial charge in [-0.25, -0.2) is 0 Å². The fourth-order valence-corrected chi connectivity index (χ4v) is 5.12. The van der Waals surface area contributed by atoms with E-state index in [2.05, 4.69) is 5.32 Å². The summed E-state index contributed by atoms with van der Waals surface area (Å²) < 4.78 is 29.0. The highest BCUT2D eigenvalue weighted by Crippen LogP contribution is 2.27. The van der Waals surface area contributed by atoms with Gasteiger partial charge in [-0.2, -0.15) is 17.0 Å². The molecule has 1 unspecified atom stereocenters. The van der Waals surface area contributed by atoms with Crippen LogP contribution in [0.5, 0.6) is 0 Å². The highest BCUT2D eigenvalue weighted by Gasteiger charge is 2.43. The lowest BCUT2D eigenvalue weighted by molar-refractivity contribution is 0.159. The van der Waals surface area contributed by atoms with Crippen LogP contribution in [0.15, 0.2) is 0 Å². The summed E-state index contributed by atoms with van der Waals surface area (Å²) in [6.07, 6.45) is 3.10. The van der Waals surface area contributed by atoms with E-state index < -0.39 is 10.2 Å². The first-order valence-electron chi connectivity index (χ1n) is 6.86. The van der Waals surface area contributed by atoms with Gasteiger partial charge in [0, 0.05) is 37.8 Å². The molecule has 0 spiro atoms. The van der Waals surface area contributed by atoms with Crippen LogP contribution < -0.4 is 5.32 Å². The van der Waals surface area contributed by atoms with Gasteiger partial charge in [-0.05, 0) is 33.6 Å². The van der Waals surface area contributed by atoms with Crippen LogP contribution in [0.2, 0.25) is 0 Å². The van der Waals surface area contributed by atoms with E-state index in [0.29, 0.717) is 19.6 Å². The molecule has 2 rings (SSSR count). The summed E-state index contributed by atoms with van der Waals surface area (Å²) in [5, 5.41) is 3.27. The van der Waals surface area contributed by atoms with E-state index in [4.69, 9.17) is 0 Å². The van der Waals surface area contributed by atoms with Crippen LogP contribution in [0.3, 0.4) is 0 Å². The van der Waals surface area contributed by atoms with Gasteiger partial charge in [0.1, 0.15) is 0 Å². The Kier molecular flexibility index (Phi) is 4.02. The summed E-state index contributed by atoms with van der Waals surface area (Å²) in [7, 11) is -3.32. The maximum Gasteiger partial charge on any atom is 0.282 e. The zero-order chi connectivity index (χ0) is 13.4. The van der Waals surface area contributed by atoms with E-state index >= 15 is 0 Å². The SMILES string of the molecule is CC1CCCCN1S(=O)(=O)N1CCNCC1(C)C. The molecule has 6 heteroatoms. The first-order valence-corrected chi connectivity index (χ1v) is 8.26. The Morgan fingerprint density at radius 3 is 2.56 bits per heavy atom. The van der Waals surface area contributed by atoms with E-state index in [1.807, 2.05) is 20.8 Å². The normalized spacial score (nSPS) is 31.4. The van der Waals surface area contributed by atoms with Crippen LogP contribution in [0.4, 0.5) is 0 Å². The van der Waals surface area contributed by atoms with Crippen LogP contribution in [-0.4, -0.2) is 54.8 Å². The second-order valence-corrected chi connectivity index (χ2v) is 7.83. The summed E-state index contributed by atoms with van der Waals surface area (Å²) in [5.41, 5.74) is -0.339. The largest absolute Gasteiger partial charge is 0.314 e. The molecule has 0 radical (unpaired) electrons. The number of hydrogen-bond donors (Lipinski definition) is 1. The van der Waals surface area contributed by atoms with Gasteiger partial charge in [0.2, 0.25) is 0 Å². The maximum absolute atomic E-state index is 12.8. The van der Waals surface area contributed by atoms with Crippen molar-refractivity contribution < 1.29 is 8.42 Å². The summed E-state index contributed by atoms with van der Waals surface area (Å²) >= 11 is 0. The van der Waals surface area contributed by atoms with Gasteiger partial charge in [0.25, 0.3) is 10.2 Å². The van der Waals surface area contributed by atoms with Gasteiger partial charge in [0.05, 0.1) is 0 Å². The number of piperidine rings is 1. The Morgan fingerprint density at radius 2 is 1.94 bits per heavy atom. The van der Waals surface area contributed by atoms with Crippen molar-refractivity contribution in [1.82, 2.24) is 13.9 Å². The number of nitrogens with one attached hydrogen (secondary N) is 1. The lowest BCUT2D eigenvalue weighted by Crippen LogP contribution is -2.63. The van der Waals surface area contributed by atoms with E-state index in [9.17, 15) is 8.42 Å². The van der Waals surface area contributed by atoms with Crippen molar-refractivity contribution >= 4 is 10.2 Å². The number of rotatable bonds is 2. The molecule has 0 aromatic heterocycles. The van der Waals surface area contributed by atoms with Crippen molar-refractivity contribution in [3.05, 3.63) is 0 Å². The van der Waals surface area contributed by atoms with Crippen molar-refractivity contribution in [2.24, 2.45) is 0 Å². The summed E-state index contributed by atoms with van der Waals surface area (Å²) in [6.45, 7) is 8.70.